The molecule has 0 unspecified atom stereocenters. The van der Waals surface area contributed by atoms with Gasteiger partial charge in [0, 0.05) is 6.54 Å². The van der Waals surface area contributed by atoms with Gasteiger partial charge in [-0.25, -0.2) is 12.8 Å². The van der Waals surface area contributed by atoms with Gasteiger partial charge < -0.3 is 5.32 Å². The molecule has 0 saturated carbocycles. The molecule has 2 aromatic carbocycles. The van der Waals surface area contributed by atoms with Crippen LogP contribution in [0.4, 0.5) is 10.1 Å². The minimum atomic E-state index is -3.80. The van der Waals surface area contributed by atoms with Gasteiger partial charge in [0.25, 0.3) is 0 Å². The molecule has 1 saturated heterocycles. The van der Waals surface area contributed by atoms with Crippen LogP contribution in [0.1, 0.15) is 24.8 Å². The zero-order valence-electron chi connectivity index (χ0n) is 14.5. The second-order valence-electron chi connectivity index (χ2n) is 6.41. The number of aryl methyl sites for hydroxylation is 1. The maximum atomic E-state index is 13.8. The molecule has 0 aliphatic carbocycles. The van der Waals surface area contributed by atoms with Crippen LogP contribution in [0, 0.1) is 12.7 Å². The maximum absolute atomic E-state index is 13.8. The molecule has 3 rings (SSSR count). The fraction of sp³-hybridized carbons (Fsp3) is 0.316. The highest BCUT2D eigenvalue weighted by atomic mass is 32.2. The number of sulfonamides is 1. The highest BCUT2D eigenvalue weighted by molar-refractivity contribution is 7.89. The number of carbonyl (C=O) groups is 1. The van der Waals surface area contributed by atoms with Crippen LogP contribution in [0.3, 0.4) is 0 Å². The van der Waals surface area contributed by atoms with Gasteiger partial charge in [-0.1, -0.05) is 36.2 Å². The molecule has 1 N–H and O–H groups in total. The van der Waals surface area contributed by atoms with E-state index in [0.29, 0.717) is 12.8 Å². The van der Waals surface area contributed by atoms with Crippen molar-refractivity contribution in [1.82, 2.24) is 4.31 Å². The van der Waals surface area contributed by atoms with E-state index in [-0.39, 0.29) is 17.1 Å². The summed E-state index contributed by atoms with van der Waals surface area (Å²) in [6, 6.07) is 11.5. The second-order valence-corrected chi connectivity index (χ2v) is 8.30. The van der Waals surface area contributed by atoms with Crippen LogP contribution in [-0.2, 0) is 14.8 Å². The van der Waals surface area contributed by atoms with Gasteiger partial charge in [-0.15, -0.1) is 0 Å². The number of piperidine rings is 1. The van der Waals surface area contributed by atoms with E-state index in [9.17, 15) is 17.6 Å². The van der Waals surface area contributed by atoms with E-state index < -0.39 is 27.8 Å². The Balaban J connectivity index is 1.86. The molecule has 0 aromatic heterocycles. The average Bonchev–Trinajstić information content (AvgIpc) is 2.64. The van der Waals surface area contributed by atoms with Gasteiger partial charge in [-0.2, -0.15) is 4.31 Å². The quantitative estimate of drug-likeness (QED) is 0.890. The summed E-state index contributed by atoms with van der Waals surface area (Å²) >= 11 is 0. The van der Waals surface area contributed by atoms with Crippen molar-refractivity contribution in [2.75, 3.05) is 11.9 Å². The van der Waals surface area contributed by atoms with E-state index in [0.717, 1.165) is 12.0 Å². The monoisotopic (exact) mass is 376 g/mol. The minimum Gasteiger partial charge on any atom is -0.322 e. The summed E-state index contributed by atoms with van der Waals surface area (Å²) in [6.07, 6.45) is 1.84. The third-order valence-electron chi connectivity index (χ3n) is 4.52. The highest BCUT2D eigenvalue weighted by Crippen LogP contribution is 2.27. The number of rotatable bonds is 4. The Kier molecular flexibility index (Phi) is 5.38. The van der Waals surface area contributed by atoms with Crippen molar-refractivity contribution < 1.29 is 17.6 Å². The van der Waals surface area contributed by atoms with Crippen molar-refractivity contribution in [3.8, 4) is 0 Å². The Labute approximate surface area is 152 Å². The predicted octanol–water partition coefficient (Wildman–Crippen LogP) is 3.32. The molecule has 0 bridgehead atoms. The first-order chi connectivity index (χ1) is 12.4. The molecule has 138 valence electrons. The standard InChI is InChI=1S/C19H21FN2O3S/c1-14-9-11-15(12-10-14)26(24,25)22-13-5-4-8-18(22)19(23)21-17-7-3-2-6-16(17)20/h2-3,6-7,9-12,18H,4-5,8,13H2,1H3,(H,21,23)/t18-/m1/s1. The Bertz CT molecular complexity index is 897. The molecule has 1 heterocycles. The number of halogens is 1. The summed E-state index contributed by atoms with van der Waals surface area (Å²) in [5, 5.41) is 2.52. The van der Waals surface area contributed by atoms with Gasteiger partial charge >= 0.3 is 0 Å². The molecule has 1 atom stereocenters. The van der Waals surface area contributed by atoms with Gasteiger partial charge in [0.05, 0.1) is 10.6 Å². The number of para-hydroxylation sites is 1. The zero-order valence-corrected chi connectivity index (χ0v) is 15.3. The van der Waals surface area contributed by atoms with Gasteiger partial charge in [0.1, 0.15) is 11.9 Å². The van der Waals surface area contributed by atoms with Gasteiger partial charge in [0.2, 0.25) is 15.9 Å². The van der Waals surface area contributed by atoms with Crippen molar-refractivity contribution in [3.63, 3.8) is 0 Å². The third kappa shape index (κ3) is 3.78. The van der Waals surface area contributed by atoms with Gasteiger partial charge in [0.15, 0.2) is 0 Å². The summed E-state index contributed by atoms with van der Waals surface area (Å²) in [7, 11) is -3.80. The summed E-state index contributed by atoms with van der Waals surface area (Å²) in [4.78, 5) is 12.8. The number of nitrogens with one attached hydrogen (secondary N) is 1. The molecule has 1 aliphatic rings. The predicted molar refractivity (Wildman–Crippen MR) is 97.7 cm³/mol. The van der Waals surface area contributed by atoms with Crippen LogP contribution in [0.25, 0.3) is 0 Å². The lowest BCUT2D eigenvalue weighted by Gasteiger charge is -2.33. The van der Waals surface area contributed by atoms with Crippen LogP contribution in [-0.4, -0.2) is 31.2 Å². The van der Waals surface area contributed by atoms with Crippen LogP contribution < -0.4 is 5.32 Å². The molecule has 0 radical (unpaired) electrons. The van der Waals surface area contributed by atoms with Crippen LogP contribution >= 0.6 is 0 Å². The largest absolute Gasteiger partial charge is 0.322 e. The van der Waals surface area contributed by atoms with E-state index in [4.69, 9.17) is 0 Å². The molecule has 5 nitrogen and oxygen atoms in total. The van der Waals surface area contributed by atoms with E-state index >= 15 is 0 Å². The Morgan fingerprint density at radius 3 is 2.50 bits per heavy atom. The van der Waals surface area contributed by atoms with E-state index in [1.165, 1.54) is 22.5 Å². The van der Waals surface area contributed by atoms with Crippen molar-refractivity contribution >= 4 is 21.6 Å². The normalized spacial score (nSPS) is 18.5. The Morgan fingerprint density at radius 1 is 1.12 bits per heavy atom. The zero-order chi connectivity index (χ0) is 18.7. The average molecular weight is 376 g/mol. The first-order valence-corrected chi connectivity index (χ1v) is 9.97. The minimum absolute atomic E-state index is 0.0516. The number of amides is 1. The maximum Gasteiger partial charge on any atom is 0.243 e. The van der Waals surface area contributed by atoms with Crippen LogP contribution in [0.2, 0.25) is 0 Å². The molecular formula is C19H21FN2O3S. The van der Waals surface area contributed by atoms with E-state index in [2.05, 4.69) is 5.32 Å². The van der Waals surface area contributed by atoms with Gasteiger partial charge in [-0.3, -0.25) is 4.79 Å². The second kappa shape index (κ2) is 7.55. The topological polar surface area (TPSA) is 66.5 Å². The fourth-order valence-electron chi connectivity index (χ4n) is 3.08. The highest BCUT2D eigenvalue weighted by Gasteiger charge is 2.37. The lowest BCUT2D eigenvalue weighted by Crippen LogP contribution is -2.49. The summed E-state index contributed by atoms with van der Waals surface area (Å²) in [5.41, 5.74) is 1.01. The van der Waals surface area contributed by atoms with Crippen LogP contribution in [0.15, 0.2) is 53.4 Å². The number of benzene rings is 2. The smallest absolute Gasteiger partial charge is 0.243 e. The van der Waals surface area contributed by atoms with Crippen molar-refractivity contribution in [3.05, 3.63) is 59.9 Å². The summed E-state index contributed by atoms with van der Waals surface area (Å²) in [5.74, 6) is -1.06. The molecule has 2 aromatic rings. The molecule has 26 heavy (non-hydrogen) atoms. The van der Waals surface area contributed by atoms with Crippen molar-refractivity contribution in [2.24, 2.45) is 0 Å². The molecule has 1 fully saturated rings. The number of hydrogen-bond donors (Lipinski definition) is 1. The fourth-order valence-corrected chi connectivity index (χ4v) is 4.74. The van der Waals surface area contributed by atoms with E-state index in [1.54, 1.807) is 30.3 Å². The van der Waals surface area contributed by atoms with Crippen LogP contribution in [0.5, 0.6) is 0 Å². The third-order valence-corrected chi connectivity index (χ3v) is 6.44. The molecule has 1 aliphatic heterocycles. The summed E-state index contributed by atoms with van der Waals surface area (Å²) in [6.45, 7) is 2.15. The SMILES string of the molecule is Cc1ccc(S(=O)(=O)N2CCCC[C@@H]2C(=O)Nc2ccccc2F)cc1. The number of anilines is 1. The number of hydrogen-bond acceptors (Lipinski definition) is 3. The first kappa shape index (κ1) is 18.5. The Hall–Kier alpha value is -2.25. The van der Waals surface area contributed by atoms with Crippen molar-refractivity contribution in [1.29, 1.82) is 0 Å². The molecular weight excluding hydrogens is 355 g/mol. The Morgan fingerprint density at radius 2 is 1.81 bits per heavy atom. The first-order valence-electron chi connectivity index (χ1n) is 8.53. The lowest BCUT2D eigenvalue weighted by atomic mass is 10.0. The number of carbonyl (C=O) groups excluding carboxylic acids is 1. The molecule has 7 heteroatoms. The molecule has 0 spiro atoms. The lowest BCUT2D eigenvalue weighted by molar-refractivity contribution is -0.120. The van der Waals surface area contributed by atoms with Crippen molar-refractivity contribution in [2.45, 2.75) is 37.1 Å². The van der Waals surface area contributed by atoms with Gasteiger partial charge in [-0.05, 0) is 44.0 Å². The summed E-state index contributed by atoms with van der Waals surface area (Å²) < 4.78 is 41.0. The number of nitrogens with zero attached hydrogens (tertiary/aromatic N) is 1. The molecule has 1 amide bonds. The van der Waals surface area contributed by atoms with E-state index in [1.807, 2.05) is 6.92 Å².